The van der Waals surface area contributed by atoms with Crippen LogP contribution in [-0.4, -0.2) is 36.0 Å². The SMILES string of the molecule is CC1(C)O[C@@H](C(C)(C)C)[C@H](C(C)(C)C)O1.CC1(C)O[C@H](C(C)(C)C)[C@@H](C(C)(C)C)O1. The van der Waals surface area contributed by atoms with Crippen molar-refractivity contribution in [1.29, 1.82) is 0 Å². The monoisotopic (exact) mass is 428 g/mol. The quantitative estimate of drug-likeness (QED) is 0.409. The van der Waals surface area contributed by atoms with E-state index in [9.17, 15) is 0 Å². The van der Waals surface area contributed by atoms with Crippen LogP contribution in [0.2, 0.25) is 0 Å². The van der Waals surface area contributed by atoms with Crippen LogP contribution in [0.25, 0.3) is 0 Å². The highest BCUT2D eigenvalue weighted by atomic mass is 16.8. The molecule has 0 unspecified atom stereocenters. The Labute approximate surface area is 187 Å². The minimum absolute atomic E-state index is 0.117. The lowest BCUT2D eigenvalue weighted by atomic mass is 9.76. The van der Waals surface area contributed by atoms with Crippen LogP contribution in [-0.2, 0) is 18.9 Å². The Kier molecular flexibility index (Phi) is 7.73. The number of ether oxygens (including phenoxy) is 4. The predicted octanol–water partition coefficient (Wildman–Crippen LogP) is 7.20. The van der Waals surface area contributed by atoms with Gasteiger partial charge in [-0.1, -0.05) is 83.1 Å². The Bertz CT molecular complexity index is 464. The topological polar surface area (TPSA) is 36.9 Å². The van der Waals surface area contributed by atoms with Gasteiger partial charge in [-0.25, -0.2) is 0 Å². The predicted molar refractivity (Wildman–Crippen MR) is 125 cm³/mol. The molecule has 2 aliphatic heterocycles. The maximum absolute atomic E-state index is 6.03. The first-order valence-electron chi connectivity index (χ1n) is 11.6. The summed E-state index contributed by atoms with van der Waals surface area (Å²) in [5.74, 6) is -0.897. The van der Waals surface area contributed by atoms with Crippen LogP contribution in [0.1, 0.15) is 111 Å². The van der Waals surface area contributed by atoms with Gasteiger partial charge in [-0.3, -0.25) is 0 Å². The van der Waals surface area contributed by atoms with E-state index in [0.717, 1.165) is 0 Å². The Morgan fingerprint density at radius 3 is 0.600 bits per heavy atom. The van der Waals surface area contributed by atoms with Gasteiger partial charge in [0.25, 0.3) is 0 Å². The molecule has 4 atom stereocenters. The summed E-state index contributed by atoms with van der Waals surface area (Å²) in [6, 6.07) is 0. The van der Waals surface area contributed by atoms with Crippen molar-refractivity contribution in [1.82, 2.24) is 0 Å². The first-order valence-corrected chi connectivity index (χ1v) is 11.6. The third-order valence-corrected chi connectivity index (χ3v) is 5.61. The molecule has 0 amide bonds. The van der Waals surface area contributed by atoms with E-state index in [-0.39, 0.29) is 46.1 Å². The first-order chi connectivity index (χ1) is 12.9. The minimum atomic E-state index is -0.449. The largest absolute Gasteiger partial charge is 0.344 e. The van der Waals surface area contributed by atoms with Gasteiger partial charge < -0.3 is 18.9 Å². The fourth-order valence-corrected chi connectivity index (χ4v) is 4.05. The zero-order chi connectivity index (χ0) is 24.1. The zero-order valence-corrected chi connectivity index (χ0v) is 22.9. The highest BCUT2D eigenvalue weighted by Gasteiger charge is 2.52. The zero-order valence-electron chi connectivity index (χ0n) is 22.9. The number of hydrogen-bond donors (Lipinski definition) is 0. The summed E-state index contributed by atoms with van der Waals surface area (Å²) in [5, 5.41) is 0. The van der Waals surface area contributed by atoms with E-state index in [0.29, 0.717) is 0 Å². The van der Waals surface area contributed by atoms with E-state index < -0.39 is 11.6 Å². The summed E-state index contributed by atoms with van der Waals surface area (Å²) in [6.45, 7) is 34.5. The van der Waals surface area contributed by atoms with E-state index in [1.54, 1.807) is 0 Å². The van der Waals surface area contributed by atoms with Crippen molar-refractivity contribution in [3.05, 3.63) is 0 Å². The first kappa shape index (κ1) is 27.9. The third-order valence-electron chi connectivity index (χ3n) is 5.61. The van der Waals surface area contributed by atoms with E-state index in [1.165, 1.54) is 0 Å². The van der Waals surface area contributed by atoms with Crippen molar-refractivity contribution in [2.75, 3.05) is 0 Å². The molecule has 0 radical (unpaired) electrons. The third kappa shape index (κ3) is 7.46. The van der Waals surface area contributed by atoms with Gasteiger partial charge in [-0.2, -0.15) is 0 Å². The molecule has 2 heterocycles. The molecule has 0 aromatic rings. The Morgan fingerprint density at radius 1 is 0.367 bits per heavy atom. The molecule has 0 bridgehead atoms. The molecule has 2 aliphatic rings. The van der Waals surface area contributed by atoms with Gasteiger partial charge in [0.15, 0.2) is 11.6 Å². The van der Waals surface area contributed by atoms with E-state index in [4.69, 9.17) is 18.9 Å². The maximum Gasteiger partial charge on any atom is 0.163 e. The summed E-state index contributed by atoms with van der Waals surface area (Å²) >= 11 is 0. The lowest BCUT2D eigenvalue weighted by Crippen LogP contribution is -2.42. The van der Waals surface area contributed by atoms with Crippen molar-refractivity contribution >= 4 is 0 Å². The Balaban J connectivity index is 0.000000300. The van der Waals surface area contributed by atoms with Gasteiger partial charge in [0.05, 0.1) is 24.4 Å². The normalized spacial score (nSPS) is 32.0. The van der Waals surface area contributed by atoms with Crippen LogP contribution >= 0.6 is 0 Å². The molecule has 0 aliphatic carbocycles. The van der Waals surface area contributed by atoms with Crippen LogP contribution in [0.3, 0.4) is 0 Å². The van der Waals surface area contributed by atoms with Gasteiger partial charge in [-0.15, -0.1) is 0 Å². The Hall–Kier alpha value is -0.160. The summed E-state index contributed by atoms with van der Waals surface area (Å²) in [4.78, 5) is 0. The maximum atomic E-state index is 6.03. The second-order valence-electron chi connectivity index (χ2n) is 14.4. The smallest absolute Gasteiger partial charge is 0.163 e. The highest BCUT2D eigenvalue weighted by molar-refractivity contribution is 4.96. The summed E-state index contributed by atoms with van der Waals surface area (Å²) in [5.41, 5.74) is 0.467. The summed E-state index contributed by atoms with van der Waals surface area (Å²) in [6.07, 6.45) is 0.639. The molecule has 30 heavy (non-hydrogen) atoms. The minimum Gasteiger partial charge on any atom is -0.344 e. The lowest BCUT2D eigenvalue weighted by Gasteiger charge is -2.36. The van der Waals surface area contributed by atoms with E-state index in [1.807, 2.05) is 27.7 Å². The van der Waals surface area contributed by atoms with Gasteiger partial charge in [-0.05, 0) is 49.4 Å². The fraction of sp³-hybridized carbons (Fsp3) is 1.00. The van der Waals surface area contributed by atoms with Gasteiger partial charge in [0.1, 0.15) is 0 Å². The average Bonchev–Trinajstić information content (AvgIpc) is 2.94. The molecule has 2 rings (SSSR count). The molecule has 180 valence electrons. The van der Waals surface area contributed by atoms with Crippen LogP contribution in [0.4, 0.5) is 0 Å². The van der Waals surface area contributed by atoms with Crippen molar-refractivity contribution in [2.45, 2.75) is 147 Å². The molecule has 2 saturated heterocycles. The van der Waals surface area contributed by atoms with Crippen LogP contribution < -0.4 is 0 Å². The van der Waals surface area contributed by atoms with Crippen molar-refractivity contribution in [3.8, 4) is 0 Å². The molecule has 4 nitrogen and oxygen atoms in total. The molecule has 0 spiro atoms. The standard InChI is InChI=1S/2C13H26O2/c2*1-11(2,3)9-10(12(4,5)6)15-13(7,8)14-9/h2*9-10H,1-8H3/t2*9-,10-/m10/s1. The molecule has 0 saturated carbocycles. The molecule has 4 heteroatoms. The lowest BCUT2D eigenvalue weighted by molar-refractivity contribution is -0.160. The second kappa shape index (κ2) is 8.32. The van der Waals surface area contributed by atoms with Crippen molar-refractivity contribution in [2.24, 2.45) is 21.7 Å². The van der Waals surface area contributed by atoms with Gasteiger partial charge >= 0.3 is 0 Å². The molecular formula is C26H52O4. The van der Waals surface area contributed by atoms with Crippen LogP contribution in [0, 0.1) is 21.7 Å². The van der Waals surface area contributed by atoms with Crippen LogP contribution in [0.15, 0.2) is 0 Å². The van der Waals surface area contributed by atoms with Gasteiger partial charge in [0, 0.05) is 0 Å². The molecular weight excluding hydrogens is 376 g/mol. The fourth-order valence-electron chi connectivity index (χ4n) is 4.05. The highest BCUT2D eigenvalue weighted by Crippen LogP contribution is 2.45. The molecule has 2 fully saturated rings. The van der Waals surface area contributed by atoms with E-state index >= 15 is 0 Å². The van der Waals surface area contributed by atoms with Crippen molar-refractivity contribution in [3.63, 3.8) is 0 Å². The molecule has 0 aromatic carbocycles. The Morgan fingerprint density at radius 2 is 0.500 bits per heavy atom. The second-order valence-corrected chi connectivity index (χ2v) is 14.4. The molecule has 0 N–H and O–H groups in total. The molecule has 0 aromatic heterocycles. The van der Waals surface area contributed by atoms with E-state index in [2.05, 4.69) is 83.1 Å². The van der Waals surface area contributed by atoms with Crippen LogP contribution in [0.5, 0.6) is 0 Å². The van der Waals surface area contributed by atoms with Crippen molar-refractivity contribution < 1.29 is 18.9 Å². The number of rotatable bonds is 0. The number of hydrogen-bond acceptors (Lipinski definition) is 4. The summed E-state index contributed by atoms with van der Waals surface area (Å²) in [7, 11) is 0. The summed E-state index contributed by atoms with van der Waals surface area (Å²) < 4.78 is 24.1. The average molecular weight is 429 g/mol. The van der Waals surface area contributed by atoms with Gasteiger partial charge in [0.2, 0.25) is 0 Å².